The highest BCUT2D eigenvalue weighted by Crippen LogP contribution is 2.24. The van der Waals surface area contributed by atoms with Gasteiger partial charge in [-0.25, -0.2) is 13.2 Å². The summed E-state index contributed by atoms with van der Waals surface area (Å²) in [6.45, 7) is 5.41. The fraction of sp³-hybridized carbons (Fsp3) is 0.167. The SMILES string of the molecule is COC(=O)c1cc(NC(=O)c2ccc(C)c(S(=O)(=O)Nc3cc(C)cc(C)c3)c2)ccc1Cl. The molecule has 9 heteroatoms. The summed E-state index contributed by atoms with van der Waals surface area (Å²) in [4.78, 5) is 24.6. The Morgan fingerprint density at radius 3 is 2.18 bits per heavy atom. The predicted molar refractivity (Wildman–Crippen MR) is 129 cm³/mol. The monoisotopic (exact) mass is 486 g/mol. The number of ether oxygens (including phenoxy) is 1. The molecule has 0 bridgehead atoms. The van der Waals surface area contributed by atoms with E-state index in [0.29, 0.717) is 16.9 Å². The molecule has 172 valence electrons. The van der Waals surface area contributed by atoms with E-state index >= 15 is 0 Å². The molecule has 0 aliphatic rings. The van der Waals surface area contributed by atoms with Crippen LogP contribution in [0.5, 0.6) is 0 Å². The van der Waals surface area contributed by atoms with E-state index in [2.05, 4.69) is 14.8 Å². The van der Waals surface area contributed by atoms with Crippen LogP contribution in [0.15, 0.2) is 59.5 Å². The molecule has 3 rings (SSSR count). The van der Waals surface area contributed by atoms with E-state index in [-0.39, 0.29) is 21.0 Å². The van der Waals surface area contributed by atoms with Crippen LogP contribution in [0.2, 0.25) is 5.02 Å². The van der Waals surface area contributed by atoms with Crippen LogP contribution in [0.1, 0.15) is 37.4 Å². The number of sulfonamides is 1. The van der Waals surface area contributed by atoms with Crippen LogP contribution in [-0.2, 0) is 14.8 Å². The summed E-state index contributed by atoms with van der Waals surface area (Å²) >= 11 is 6.01. The number of anilines is 2. The first-order valence-corrected chi connectivity index (χ1v) is 11.8. The minimum Gasteiger partial charge on any atom is -0.465 e. The zero-order chi connectivity index (χ0) is 24.3. The van der Waals surface area contributed by atoms with Gasteiger partial charge in [0.1, 0.15) is 0 Å². The standard InChI is InChI=1S/C24H23ClN2O5S/c1-14-9-15(2)11-19(10-14)27-33(30,31)22-12-17(6-5-16(22)3)23(28)26-18-7-8-21(25)20(13-18)24(29)32-4/h5-13,27H,1-4H3,(H,26,28). The molecule has 1 amide bonds. The summed E-state index contributed by atoms with van der Waals surface area (Å²) in [5.41, 5.74) is 3.32. The number of methoxy groups -OCH3 is 1. The van der Waals surface area contributed by atoms with Crippen molar-refractivity contribution >= 4 is 44.9 Å². The average molecular weight is 487 g/mol. The predicted octanol–water partition coefficient (Wildman–Crippen LogP) is 5.10. The molecular weight excluding hydrogens is 464 g/mol. The van der Waals surface area contributed by atoms with Crippen molar-refractivity contribution in [2.45, 2.75) is 25.7 Å². The van der Waals surface area contributed by atoms with Crippen molar-refractivity contribution in [3.63, 3.8) is 0 Å². The molecule has 0 saturated heterocycles. The van der Waals surface area contributed by atoms with Crippen LogP contribution in [0, 0.1) is 20.8 Å². The molecule has 0 atom stereocenters. The molecule has 0 radical (unpaired) electrons. The number of carbonyl (C=O) groups is 2. The van der Waals surface area contributed by atoms with E-state index in [1.807, 2.05) is 19.9 Å². The van der Waals surface area contributed by atoms with E-state index < -0.39 is 21.9 Å². The first kappa shape index (κ1) is 24.3. The maximum absolute atomic E-state index is 13.1. The van der Waals surface area contributed by atoms with Crippen LogP contribution >= 0.6 is 11.6 Å². The summed E-state index contributed by atoms with van der Waals surface area (Å²) in [5, 5.41) is 2.83. The first-order chi connectivity index (χ1) is 15.5. The van der Waals surface area contributed by atoms with Gasteiger partial charge in [0.15, 0.2) is 0 Å². The quantitative estimate of drug-likeness (QED) is 0.472. The highest BCUT2D eigenvalue weighted by atomic mass is 35.5. The molecule has 0 fully saturated rings. The number of benzene rings is 3. The van der Waals surface area contributed by atoms with Crippen LogP contribution in [0.25, 0.3) is 0 Å². The van der Waals surface area contributed by atoms with Crippen LogP contribution < -0.4 is 10.0 Å². The number of aryl methyl sites for hydroxylation is 3. The Morgan fingerprint density at radius 1 is 0.879 bits per heavy atom. The average Bonchev–Trinajstić information content (AvgIpc) is 2.73. The minimum atomic E-state index is -3.94. The van der Waals surface area contributed by atoms with Crippen LogP contribution in [0.4, 0.5) is 11.4 Å². The Morgan fingerprint density at radius 2 is 1.55 bits per heavy atom. The Kier molecular flexibility index (Phi) is 7.09. The maximum atomic E-state index is 13.1. The van der Waals surface area contributed by atoms with Gasteiger partial charge in [0.05, 0.1) is 22.6 Å². The molecule has 0 heterocycles. The molecule has 33 heavy (non-hydrogen) atoms. The van der Waals surface area contributed by atoms with Gasteiger partial charge in [-0.1, -0.05) is 23.7 Å². The van der Waals surface area contributed by atoms with Gasteiger partial charge in [-0.15, -0.1) is 0 Å². The maximum Gasteiger partial charge on any atom is 0.339 e. The molecule has 0 saturated carbocycles. The van der Waals surface area contributed by atoms with Gasteiger partial charge in [0.2, 0.25) is 0 Å². The van der Waals surface area contributed by atoms with Crippen molar-refractivity contribution in [1.29, 1.82) is 0 Å². The van der Waals surface area contributed by atoms with Crippen molar-refractivity contribution in [1.82, 2.24) is 0 Å². The van der Waals surface area contributed by atoms with Crippen molar-refractivity contribution in [2.24, 2.45) is 0 Å². The lowest BCUT2D eigenvalue weighted by Crippen LogP contribution is -2.17. The van der Waals surface area contributed by atoms with Gasteiger partial charge in [-0.3, -0.25) is 9.52 Å². The molecule has 2 N–H and O–H groups in total. The molecule has 7 nitrogen and oxygen atoms in total. The number of nitrogens with one attached hydrogen (secondary N) is 2. The third-order valence-corrected chi connectivity index (χ3v) is 6.70. The van der Waals surface area contributed by atoms with Gasteiger partial charge in [-0.05, 0) is 79.9 Å². The number of rotatable bonds is 6. The van der Waals surface area contributed by atoms with Crippen molar-refractivity contribution in [3.05, 3.63) is 87.4 Å². The Bertz CT molecular complexity index is 1330. The minimum absolute atomic E-state index is 0.0133. The number of esters is 1. The van der Waals surface area contributed by atoms with Crippen molar-refractivity contribution in [2.75, 3.05) is 17.1 Å². The van der Waals surface area contributed by atoms with E-state index in [0.717, 1.165) is 11.1 Å². The lowest BCUT2D eigenvalue weighted by molar-refractivity contribution is 0.0600. The van der Waals surface area contributed by atoms with E-state index in [4.69, 9.17) is 11.6 Å². The summed E-state index contributed by atoms with van der Waals surface area (Å²) in [5.74, 6) is -1.19. The Hall–Kier alpha value is -3.36. The second-order valence-corrected chi connectivity index (χ2v) is 9.66. The smallest absolute Gasteiger partial charge is 0.339 e. The number of hydrogen-bond donors (Lipinski definition) is 2. The molecule has 0 aliphatic carbocycles. The van der Waals surface area contributed by atoms with Crippen molar-refractivity contribution < 1.29 is 22.7 Å². The lowest BCUT2D eigenvalue weighted by atomic mass is 10.1. The zero-order valence-electron chi connectivity index (χ0n) is 18.5. The summed E-state index contributed by atoms with van der Waals surface area (Å²) in [6.07, 6.45) is 0. The topological polar surface area (TPSA) is 102 Å². The summed E-state index contributed by atoms with van der Waals surface area (Å²) < 4.78 is 33.4. The molecule has 0 aliphatic heterocycles. The molecule has 3 aromatic carbocycles. The molecule has 0 spiro atoms. The molecule has 3 aromatic rings. The number of amides is 1. The van der Waals surface area contributed by atoms with Gasteiger partial charge in [0, 0.05) is 16.9 Å². The van der Waals surface area contributed by atoms with Crippen LogP contribution in [0.3, 0.4) is 0 Å². The fourth-order valence-corrected chi connectivity index (χ4v) is 4.85. The van der Waals surface area contributed by atoms with E-state index in [9.17, 15) is 18.0 Å². The van der Waals surface area contributed by atoms with Gasteiger partial charge >= 0.3 is 5.97 Å². The number of hydrogen-bond acceptors (Lipinski definition) is 5. The number of carbonyl (C=O) groups excluding carboxylic acids is 2. The second kappa shape index (κ2) is 9.64. The van der Waals surface area contributed by atoms with E-state index in [1.54, 1.807) is 25.1 Å². The summed E-state index contributed by atoms with van der Waals surface area (Å²) in [6, 6.07) is 14.2. The highest BCUT2D eigenvalue weighted by molar-refractivity contribution is 7.92. The normalized spacial score (nSPS) is 11.1. The van der Waals surface area contributed by atoms with Gasteiger partial charge in [-0.2, -0.15) is 0 Å². The molecular formula is C24H23ClN2O5S. The Balaban J connectivity index is 1.89. The van der Waals surface area contributed by atoms with Crippen LogP contribution in [-0.4, -0.2) is 27.4 Å². The van der Waals surface area contributed by atoms with E-state index in [1.165, 1.54) is 37.4 Å². The largest absolute Gasteiger partial charge is 0.465 e. The number of halogens is 1. The van der Waals surface area contributed by atoms with Gasteiger partial charge < -0.3 is 10.1 Å². The summed E-state index contributed by atoms with van der Waals surface area (Å²) in [7, 11) is -2.72. The fourth-order valence-electron chi connectivity index (χ4n) is 3.35. The third kappa shape index (κ3) is 5.71. The lowest BCUT2D eigenvalue weighted by Gasteiger charge is -2.13. The Labute approximate surface area is 197 Å². The zero-order valence-corrected chi connectivity index (χ0v) is 20.1. The van der Waals surface area contributed by atoms with Crippen molar-refractivity contribution in [3.8, 4) is 0 Å². The van der Waals surface area contributed by atoms with Gasteiger partial charge in [0.25, 0.3) is 15.9 Å². The highest BCUT2D eigenvalue weighted by Gasteiger charge is 2.20. The molecule has 0 aromatic heterocycles. The first-order valence-electron chi connectivity index (χ1n) is 9.91. The second-order valence-electron chi connectivity index (χ2n) is 7.60. The third-order valence-electron chi connectivity index (χ3n) is 4.84. The molecule has 0 unspecified atom stereocenters.